The quantitative estimate of drug-likeness (QED) is 0.753. The lowest BCUT2D eigenvalue weighted by Gasteiger charge is -2.17. The van der Waals surface area contributed by atoms with E-state index in [0.717, 1.165) is 16.9 Å². The van der Waals surface area contributed by atoms with E-state index in [1.165, 1.54) is 0 Å². The fourth-order valence-electron chi connectivity index (χ4n) is 1.59. The maximum Gasteiger partial charge on any atom is 0.170 e. The molecule has 0 bridgehead atoms. The van der Waals surface area contributed by atoms with Crippen LogP contribution < -0.4 is 4.74 Å². The lowest BCUT2D eigenvalue weighted by Crippen LogP contribution is -2.17. The summed E-state index contributed by atoms with van der Waals surface area (Å²) in [5.74, 6) is 0.722. The number of nitriles is 1. The lowest BCUT2D eigenvalue weighted by atomic mass is 9.97. The maximum absolute atomic E-state index is 9.74. The molecule has 0 saturated carbocycles. The van der Waals surface area contributed by atoms with Crippen LogP contribution in [0.15, 0.2) is 12.1 Å². The second-order valence-corrected chi connectivity index (χ2v) is 3.70. The standard InChI is InChI=1S/C12H15NO3/c1-7-5-11(16-3)8(2)4-9(7)12(15)10(14)6-13/h4-5,10,12,14-15H,1-3H3. The van der Waals surface area contributed by atoms with Gasteiger partial charge in [-0.3, -0.25) is 0 Å². The minimum Gasteiger partial charge on any atom is -0.496 e. The number of rotatable bonds is 3. The van der Waals surface area contributed by atoms with Crippen molar-refractivity contribution in [1.29, 1.82) is 5.26 Å². The molecule has 1 aromatic carbocycles. The van der Waals surface area contributed by atoms with Crippen molar-refractivity contribution in [2.75, 3.05) is 7.11 Å². The van der Waals surface area contributed by atoms with Crippen molar-refractivity contribution in [3.63, 3.8) is 0 Å². The molecule has 0 radical (unpaired) electrons. The molecule has 16 heavy (non-hydrogen) atoms. The average molecular weight is 221 g/mol. The first-order chi connectivity index (χ1) is 7.51. The average Bonchev–Trinajstić information content (AvgIpc) is 2.29. The van der Waals surface area contributed by atoms with Crippen LogP contribution in [0.2, 0.25) is 0 Å². The summed E-state index contributed by atoms with van der Waals surface area (Å²) in [5.41, 5.74) is 2.18. The molecule has 0 aliphatic rings. The molecule has 2 atom stereocenters. The van der Waals surface area contributed by atoms with E-state index < -0.39 is 12.2 Å². The zero-order valence-electron chi connectivity index (χ0n) is 9.56. The van der Waals surface area contributed by atoms with Crippen molar-refractivity contribution >= 4 is 0 Å². The summed E-state index contributed by atoms with van der Waals surface area (Å²) in [7, 11) is 1.57. The highest BCUT2D eigenvalue weighted by atomic mass is 16.5. The fourth-order valence-corrected chi connectivity index (χ4v) is 1.59. The third-order valence-electron chi connectivity index (χ3n) is 2.53. The molecular weight excluding hydrogens is 206 g/mol. The van der Waals surface area contributed by atoms with Crippen molar-refractivity contribution in [2.45, 2.75) is 26.1 Å². The van der Waals surface area contributed by atoms with Crippen molar-refractivity contribution in [1.82, 2.24) is 0 Å². The molecule has 2 N–H and O–H groups in total. The number of benzene rings is 1. The van der Waals surface area contributed by atoms with Crippen LogP contribution in [-0.2, 0) is 0 Å². The van der Waals surface area contributed by atoms with Crippen LogP contribution in [0.25, 0.3) is 0 Å². The molecule has 4 heteroatoms. The zero-order chi connectivity index (χ0) is 12.3. The lowest BCUT2D eigenvalue weighted by molar-refractivity contribution is 0.0523. The van der Waals surface area contributed by atoms with E-state index in [-0.39, 0.29) is 0 Å². The van der Waals surface area contributed by atoms with Crippen LogP contribution in [0.5, 0.6) is 5.75 Å². The van der Waals surface area contributed by atoms with Crippen LogP contribution in [0.3, 0.4) is 0 Å². The normalized spacial score (nSPS) is 14.0. The predicted molar refractivity (Wildman–Crippen MR) is 59.0 cm³/mol. The van der Waals surface area contributed by atoms with Gasteiger partial charge in [0.2, 0.25) is 0 Å². The van der Waals surface area contributed by atoms with Crippen LogP contribution in [0, 0.1) is 25.2 Å². The monoisotopic (exact) mass is 221 g/mol. The van der Waals surface area contributed by atoms with E-state index in [0.29, 0.717) is 5.56 Å². The third-order valence-corrected chi connectivity index (χ3v) is 2.53. The molecule has 0 aliphatic carbocycles. The molecule has 2 unspecified atom stereocenters. The molecule has 0 amide bonds. The van der Waals surface area contributed by atoms with Crippen molar-refractivity contribution in [2.24, 2.45) is 0 Å². The van der Waals surface area contributed by atoms with Gasteiger partial charge in [-0.05, 0) is 42.7 Å². The summed E-state index contributed by atoms with van der Waals surface area (Å²) in [5, 5.41) is 27.6. The number of aliphatic hydroxyl groups is 2. The molecular formula is C12H15NO3. The van der Waals surface area contributed by atoms with E-state index in [1.807, 2.05) is 6.92 Å². The Balaban J connectivity index is 3.16. The van der Waals surface area contributed by atoms with Gasteiger partial charge in [0.25, 0.3) is 0 Å². The number of aryl methyl sites for hydroxylation is 2. The zero-order valence-corrected chi connectivity index (χ0v) is 9.56. The molecule has 1 rings (SSSR count). The van der Waals surface area contributed by atoms with Gasteiger partial charge in [0.05, 0.1) is 13.2 Å². The Kier molecular flexibility index (Phi) is 3.88. The van der Waals surface area contributed by atoms with Crippen molar-refractivity contribution in [3.8, 4) is 11.8 Å². The van der Waals surface area contributed by atoms with E-state index in [9.17, 15) is 10.2 Å². The predicted octanol–water partition coefficient (Wildman–Crippen LogP) is 1.23. The van der Waals surface area contributed by atoms with Gasteiger partial charge >= 0.3 is 0 Å². The summed E-state index contributed by atoms with van der Waals surface area (Å²) >= 11 is 0. The van der Waals surface area contributed by atoms with Gasteiger partial charge < -0.3 is 14.9 Å². The first-order valence-electron chi connectivity index (χ1n) is 4.92. The number of methoxy groups -OCH3 is 1. The first kappa shape index (κ1) is 12.5. The SMILES string of the molecule is COc1cc(C)c(C(O)C(O)C#N)cc1C. The Labute approximate surface area is 94.7 Å². The van der Waals surface area contributed by atoms with Gasteiger partial charge in [0, 0.05) is 0 Å². The first-order valence-corrected chi connectivity index (χ1v) is 4.92. The van der Waals surface area contributed by atoms with E-state index in [1.54, 1.807) is 32.2 Å². The fraction of sp³-hybridized carbons (Fsp3) is 0.417. The van der Waals surface area contributed by atoms with Gasteiger partial charge in [-0.2, -0.15) is 5.26 Å². The minimum atomic E-state index is -1.41. The van der Waals surface area contributed by atoms with Gasteiger partial charge in [-0.25, -0.2) is 0 Å². The second kappa shape index (κ2) is 4.97. The van der Waals surface area contributed by atoms with Crippen LogP contribution in [0.1, 0.15) is 22.8 Å². The number of aliphatic hydroxyl groups excluding tert-OH is 2. The van der Waals surface area contributed by atoms with Gasteiger partial charge in [-0.1, -0.05) is 0 Å². The number of hydrogen-bond acceptors (Lipinski definition) is 4. The summed E-state index contributed by atoms with van der Waals surface area (Å²) in [4.78, 5) is 0. The van der Waals surface area contributed by atoms with Crippen LogP contribution in [0.4, 0.5) is 0 Å². The van der Waals surface area contributed by atoms with Crippen LogP contribution >= 0.6 is 0 Å². The minimum absolute atomic E-state index is 0.548. The summed E-state index contributed by atoms with van der Waals surface area (Å²) < 4.78 is 5.14. The van der Waals surface area contributed by atoms with E-state index >= 15 is 0 Å². The maximum atomic E-state index is 9.74. The van der Waals surface area contributed by atoms with Crippen molar-refractivity contribution in [3.05, 3.63) is 28.8 Å². The van der Waals surface area contributed by atoms with Gasteiger partial charge in [-0.15, -0.1) is 0 Å². The summed E-state index contributed by atoms with van der Waals surface area (Å²) in [6, 6.07) is 5.11. The number of nitrogens with zero attached hydrogens (tertiary/aromatic N) is 1. The molecule has 0 fully saturated rings. The molecule has 0 saturated heterocycles. The van der Waals surface area contributed by atoms with Gasteiger partial charge in [0.1, 0.15) is 11.9 Å². The Morgan fingerprint density at radius 1 is 1.25 bits per heavy atom. The van der Waals surface area contributed by atoms with Crippen LogP contribution in [-0.4, -0.2) is 23.4 Å². The largest absolute Gasteiger partial charge is 0.496 e. The van der Waals surface area contributed by atoms with E-state index in [2.05, 4.69) is 0 Å². The summed E-state index contributed by atoms with van der Waals surface area (Å²) in [6.45, 7) is 3.64. The third kappa shape index (κ3) is 2.32. The smallest absolute Gasteiger partial charge is 0.170 e. The molecule has 1 aromatic rings. The molecule has 0 aliphatic heterocycles. The van der Waals surface area contributed by atoms with Crippen molar-refractivity contribution < 1.29 is 14.9 Å². The molecule has 86 valence electrons. The summed E-state index contributed by atoms with van der Waals surface area (Å²) in [6.07, 6.45) is -2.60. The highest BCUT2D eigenvalue weighted by molar-refractivity contribution is 5.43. The number of hydrogen-bond donors (Lipinski definition) is 2. The van der Waals surface area contributed by atoms with Gasteiger partial charge in [0.15, 0.2) is 6.10 Å². The Hall–Kier alpha value is -1.57. The molecule has 0 heterocycles. The molecule has 0 spiro atoms. The Bertz CT molecular complexity index is 423. The molecule has 4 nitrogen and oxygen atoms in total. The molecule has 0 aromatic heterocycles. The number of ether oxygens (including phenoxy) is 1. The topological polar surface area (TPSA) is 73.5 Å². The highest BCUT2D eigenvalue weighted by Crippen LogP contribution is 2.27. The Morgan fingerprint density at radius 3 is 2.38 bits per heavy atom. The Morgan fingerprint density at radius 2 is 1.88 bits per heavy atom. The second-order valence-electron chi connectivity index (χ2n) is 3.70. The van der Waals surface area contributed by atoms with E-state index in [4.69, 9.17) is 10.00 Å². The highest BCUT2D eigenvalue weighted by Gasteiger charge is 2.20.